The first-order valence-corrected chi connectivity index (χ1v) is 14.0. The smallest absolute Gasteiger partial charge is 0.251 e. The highest BCUT2D eigenvalue weighted by atomic mass is 79.9. The molecule has 1 aliphatic heterocycles. The second-order valence-electron chi connectivity index (χ2n) is 8.98. The van der Waals surface area contributed by atoms with Crippen LogP contribution in [0.3, 0.4) is 0 Å². The van der Waals surface area contributed by atoms with Crippen molar-refractivity contribution in [3.63, 3.8) is 0 Å². The molecule has 1 saturated carbocycles. The van der Waals surface area contributed by atoms with Crippen molar-refractivity contribution in [3.05, 3.63) is 64.6 Å². The lowest BCUT2D eigenvalue weighted by molar-refractivity contribution is -0.127. The predicted molar refractivity (Wildman–Crippen MR) is 134 cm³/mol. The maximum Gasteiger partial charge on any atom is 0.251 e. The van der Waals surface area contributed by atoms with Gasteiger partial charge in [-0.15, -0.1) is 0 Å². The lowest BCUT2D eigenvalue weighted by Crippen LogP contribution is -2.55. The van der Waals surface area contributed by atoms with E-state index < -0.39 is 10.0 Å². The maximum atomic E-state index is 13.0. The van der Waals surface area contributed by atoms with E-state index in [4.69, 9.17) is 0 Å². The third-order valence-electron chi connectivity index (χ3n) is 6.72. The average Bonchev–Trinajstić information content (AvgIpc) is 2.86. The third kappa shape index (κ3) is 5.87. The van der Waals surface area contributed by atoms with Gasteiger partial charge in [-0.05, 0) is 62.1 Å². The molecule has 0 aromatic heterocycles. The number of nitrogens with one attached hydrogen (secondary N) is 2. The van der Waals surface area contributed by atoms with E-state index in [1.807, 2.05) is 18.2 Å². The van der Waals surface area contributed by atoms with Crippen LogP contribution in [0.2, 0.25) is 0 Å². The number of nitrogens with zero attached hydrogens (tertiary/aromatic N) is 1. The van der Waals surface area contributed by atoms with Gasteiger partial charge in [-0.25, -0.2) is 8.42 Å². The molecule has 0 bridgehead atoms. The predicted octanol–water partition coefficient (Wildman–Crippen LogP) is 3.71. The molecular weight excluding hydrogens is 518 g/mol. The van der Waals surface area contributed by atoms with E-state index in [0.29, 0.717) is 31.5 Å². The van der Waals surface area contributed by atoms with Gasteiger partial charge in [0.2, 0.25) is 15.9 Å². The van der Waals surface area contributed by atoms with Crippen molar-refractivity contribution >= 4 is 37.8 Å². The minimum Gasteiger partial charge on any atom is -0.351 e. The van der Waals surface area contributed by atoms with Crippen molar-refractivity contribution < 1.29 is 18.0 Å². The summed E-state index contributed by atoms with van der Waals surface area (Å²) in [6, 6.07) is 15.5. The zero-order valence-corrected chi connectivity index (χ0v) is 21.4. The summed E-state index contributed by atoms with van der Waals surface area (Å²) in [5.74, 6) is -0.409. The quantitative estimate of drug-likeness (QED) is 0.576. The molecule has 2 atom stereocenters. The molecule has 2 aromatic carbocycles. The summed E-state index contributed by atoms with van der Waals surface area (Å²) in [5, 5.41) is 6.26. The number of piperidine rings is 1. The largest absolute Gasteiger partial charge is 0.351 e. The molecular formula is C25H30BrN3O4S. The standard InChI is InChI=1S/C25H30BrN3O4S/c26-20-10-12-21(13-11-20)34(32,33)29-16-14-19(15-17-29)25(31)28-23-9-5-4-8-22(23)27-24(30)18-6-2-1-3-7-18/h1-3,6-7,10-13,19,22-23H,4-5,8-9,14-17H2,(H,27,30)(H,28,31)/t22-,23-/m1/s1. The van der Waals surface area contributed by atoms with Gasteiger partial charge in [0.25, 0.3) is 5.91 Å². The number of carbonyl (C=O) groups is 2. The van der Waals surface area contributed by atoms with E-state index in [-0.39, 0.29) is 34.7 Å². The first-order chi connectivity index (χ1) is 16.3. The zero-order chi connectivity index (χ0) is 24.1. The number of hydrogen-bond acceptors (Lipinski definition) is 4. The molecule has 0 radical (unpaired) electrons. The molecule has 0 unspecified atom stereocenters. The van der Waals surface area contributed by atoms with Crippen molar-refractivity contribution in [2.24, 2.45) is 5.92 Å². The molecule has 1 heterocycles. The van der Waals surface area contributed by atoms with Crippen LogP contribution < -0.4 is 10.6 Å². The van der Waals surface area contributed by atoms with Crippen LogP contribution in [0.4, 0.5) is 0 Å². The SMILES string of the molecule is O=C(N[C@@H]1CCCC[C@H]1NC(=O)C1CCN(S(=O)(=O)c2ccc(Br)cc2)CC1)c1ccccc1. The summed E-state index contributed by atoms with van der Waals surface area (Å²) in [6.45, 7) is 0.630. The Morgan fingerprint density at radius 1 is 0.824 bits per heavy atom. The molecule has 2 fully saturated rings. The number of amides is 2. The second-order valence-corrected chi connectivity index (χ2v) is 11.8. The molecule has 2 N–H and O–H groups in total. The molecule has 0 spiro atoms. The Bertz CT molecular complexity index is 1100. The van der Waals surface area contributed by atoms with Crippen molar-refractivity contribution in [1.29, 1.82) is 0 Å². The van der Waals surface area contributed by atoms with Gasteiger partial charge in [0.05, 0.1) is 4.90 Å². The maximum absolute atomic E-state index is 13.0. The molecule has 9 heteroatoms. The van der Waals surface area contributed by atoms with Crippen LogP contribution in [0.15, 0.2) is 64.0 Å². The van der Waals surface area contributed by atoms with Crippen molar-refractivity contribution in [1.82, 2.24) is 14.9 Å². The molecule has 1 aliphatic carbocycles. The Hall–Kier alpha value is -2.23. The summed E-state index contributed by atoms with van der Waals surface area (Å²) in [4.78, 5) is 25.9. The lowest BCUT2D eigenvalue weighted by atomic mass is 9.88. The Labute approximate surface area is 209 Å². The molecule has 2 amide bonds. The Morgan fingerprint density at radius 2 is 1.41 bits per heavy atom. The average molecular weight is 549 g/mol. The molecule has 4 rings (SSSR count). The highest BCUT2D eigenvalue weighted by Gasteiger charge is 2.34. The first kappa shape index (κ1) is 24.9. The highest BCUT2D eigenvalue weighted by Crippen LogP contribution is 2.26. The third-order valence-corrected chi connectivity index (χ3v) is 9.16. The highest BCUT2D eigenvalue weighted by molar-refractivity contribution is 9.10. The van der Waals surface area contributed by atoms with Crippen LogP contribution >= 0.6 is 15.9 Å². The first-order valence-electron chi connectivity index (χ1n) is 11.8. The van der Waals surface area contributed by atoms with Gasteiger partial charge < -0.3 is 10.6 Å². The summed E-state index contributed by atoms with van der Waals surface area (Å²) in [6.07, 6.45) is 4.63. The van der Waals surface area contributed by atoms with Crippen molar-refractivity contribution in [3.8, 4) is 0 Å². The number of carbonyl (C=O) groups excluding carboxylic acids is 2. The Balaban J connectivity index is 1.32. The fourth-order valence-electron chi connectivity index (χ4n) is 4.73. The molecule has 182 valence electrons. The van der Waals surface area contributed by atoms with Crippen LogP contribution in [0.5, 0.6) is 0 Å². The van der Waals surface area contributed by atoms with Crippen LogP contribution in [0.1, 0.15) is 48.9 Å². The number of benzene rings is 2. The topological polar surface area (TPSA) is 95.6 Å². The van der Waals surface area contributed by atoms with E-state index in [2.05, 4.69) is 26.6 Å². The van der Waals surface area contributed by atoms with Gasteiger partial charge in [0, 0.05) is 41.1 Å². The molecule has 7 nitrogen and oxygen atoms in total. The van der Waals surface area contributed by atoms with E-state index in [1.54, 1.807) is 36.4 Å². The normalized spacial score (nSPS) is 22.1. The summed E-state index contributed by atoms with van der Waals surface area (Å²) in [5.41, 5.74) is 0.609. The van der Waals surface area contributed by atoms with Crippen molar-refractivity contribution in [2.75, 3.05) is 13.1 Å². The van der Waals surface area contributed by atoms with Crippen LogP contribution in [-0.4, -0.2) is 49.7 Å². The Morgan fingerprint density at radius 3 is 2.03 bits per heavy atom. The van der Waals surface area contributed by atoms with Crippen LogP contribution in [0.25, 0.3) is 0 Å². The molecule has 2 aliphatic rings. The van der Waals surface area contributed by atoms with E-state index in [9.17, 15) is 18.0 Å². The number of rotatable bonds is 6. The van der Waals surface area contributed by atoms with Gasteiger partial charge in [0.1, 0.15) is 0 Å². The number of halogens is 1. The van der Waals surface area contributed by atoms with Crippen molar-refractivity contribution in [2.45, 2.75) is 55.5 Å². The monoisotopic (exact) mass is 547 g/mol. The van der Waals surface area contributed by atoms with Gasteiger partial charge in [-0.3, -0.25) is 9.59 Å². The van der Waals surface area contributed by atoms with Gasteiger partial charge in [0.15, 0.2) is 0 Å². The summed E-state index contributed by atoms with van der Waals surface area (Å²) in [7, 11) is -3.57. The number of sulfonamides is 1. The molecule has 2 aromatic rings. The molecule has 34 heavy (non-hydrogen) atoms. The van der Waals surface area contributed by atoms with E-state index in [1.165, 1.54) is 4.31 Å². The van der Waals surface area contributed by atoms with Gasteiger partial charge in [-0.2, -0.15) is 4.31 Å². The fraction of sp³-hybridized carbons (Fsp3) is 0.440. The number of hydrogen-bond donors (Lipinski definition) is 2. The zero-order valence-electron chi connectivity index (χ0n) is 19.0. The lowest BCUT2D eigenvalue weighted by Gasteiger charge is -2.35. The van der Waals surface area contributed by atoms with Gasteiger partial charge in [-0.1, -0.05) is 47.0 Å². The van der Waals surface area contributed by atoms with Crippen LogP contribution in [-0.2, 0) is 14.8 Å². The van der Waals surface area contributed by atoms with E-state index in [0.717, 1.165) is 30.2 Å². The fourth-order valence-corrected chi connectivity index (χ4v) is 6.47. The summed E-state index contributed by atoms with van der Waals surface area (Å²) < 4.78 is 28.1. The summed E-state index contributed by atoms with van der Waals surface area (Å²) >= 11 is 3.33. The minimum absolute atomic E-state index is 0.0495. The van der Waals surface area contributed by atoms with E-state index >= 15 is 0 Å². The molecule has 1 saturated heterocycles. The van der Waals surface area contributed by atoms with Gasteiger partial charge >= 0.3 is 0 Å². The Kier molecular flexibility index (Phi) is 8.06. The van der Waals surface area contributed by atoms with Crippen LogP contribution in [0, 0.1) is 5.92 Å². The minimum atomic E-state index is -3.57. The second kappa shape index (κ2) is 11.0.